The molecular formula is C12H14ClN3O2S. The third kappa shape index (κ3) is 2.79. The lowest BCUT2D eigenvalue weighted by molar-refractivity contribution is -0.381. The predicted octanol–water partition coefficient (Wildman–Crippen LogP) is 1.80. The Labute approximate surface area is 119 Å². The minimum Gasteiger partial charge on any atom is -0.771 e. The van der Waals surface area contributed by atoms with E-state index in [-0.39, 0.29) is 0 Å². The van der Waals surface area contributed by atoms with Crippen LogP contribution in [-0.4, -0.2) is 33.7 Å². The SMILES string of the molecule is C[N+](C#N)=S([O-])C1(c2ccc(Cl)nc2)CCOCC1. The summed E-state index contributed by atoms with van der Waals surface area (Å²) in [5.74, 6) is 0. The quantitative estimate of drug-likeness (QED) is 0.361. The van der Waals surface area contributed by atoms with Crippen molar-refractivity contribution in [2.75, 3.05) is 20.3 Å². The first kappa shape index (κ1) is 14.4. The van der Waals surface area contributed by atoms with Crippen LogP contribution < -0.4 is 0 Å². The Morgan fingerprint density at radius 2 is 2.21 bits per heavy atom. The molecule has 1 atom stereocenters. The monoisotopic (exact) mass is 299 g/mol. The molecule has 19 heavy (non-hydrogen) atoms. The van der Waals surface area contributed by atoms with E-state index in [1.165, 1.54) is 11.0 Å². The second-order valence-electron chi connectivity index (χ2n) is 4.32. The molecule has 1 aromatic heterocycles. The van der Waals surface area contributed by atoms with Crippen molar-refractivity contribution in [2.45, 2.75) is 17.6 Å². The van der Waals surface area contributed by atoms with Gasteiger partial charge in [-0.25, -0.2) is 4.98 Å². The third-order valence-electron chi connectivity index (χ3n) is 3.28. The van der Waals surface area contributed by atoms with Gasteiger partial charge in [-0.15, -0.1) is 0 Å². The third-order valence-corrected chi connectivity index (χ3v) is 5.39. The molecule has 0 spiro atoms. The van der Waals surface area contributed by atoms with Gasteiger partial charge in [-0.3, -0.25) is 0 Å². The number of hydrogen-bond acceptors (Lipinski definition) is 4. The lowest BCUT2D eigenvalue weighted by atomic mass is 9.92. The molecule has 2 rings (SSSR count). The Morgan fingerprint density at radius 1 is 1.53 bits per heavy atom. The number of hydrogen-bond donors (Lipinski definition) is 0. The Balaban J connectivity index is 2.52. The first-order valence-corrected chi connectivity index (χ1v) is 7.34. The standard InChI is InChI=1S/C12H14ClN3O2S/c1-16(9-14)19(17)12(4-6-18-7-5-12)10-2-3-11(13)15-8-10/h2-3,8H,4-7H2,1H3. The molecule has 0 aliphatic carbocycles. The van der Waals surface area contributed by atoms with Crippen molar-refractivity contribution in [3.05, 3.63) is 29.0 Å². The second-order valence-corrected chi connectivity index (χ2v) is 6.54. The second kappa shape index (κ2) is 5.97. The van der Waals surface area contributed by atoms with Crippen molar-refractivity contribution in [3.8, 4) is 6.19 Å². The molecule has 0 aromatic carbocycles. The molecule has 1 aliphatic rings. The Morgan fingerprint density at radius 3 is 2.74 bits per heavy atom. The van der Waals surface area contributed by atoms with Gasteiger partial charge in [0.15, 0.2) is 5.26 Å². The van der Waals surface area contributed by atoms with Crippen molar-refractivity contribution in [3.63, 3.8) is 0 Å². The Kier molecular flexibility index (Phi) is 4.53. The molecule has 2 heterocycles. The van der Waals surface area contributed by atoms with E-state index in [4.69, 9.17) is 21.6 Å². The van der Waals surface area contributed by atoms with Crippen LogP contribution in [0.3, 0.4) is 0 Å². The summed E-state index contributed by atoms with van der Waals surface area (Å²) < 4.78 is 18.5. The Hall–Kier alpha value is -1.00. The van der Waals surface area contributed by atoms with Crippen molar-refractivity contribution in [2.24, 2.45) is 0 Å². The molecular weight excluding hydrogens is 286 g/mol. The molecule has 1 unspecified atom stereocenters. The van der Waals surface area contributed by atoms with Crippen LogP contribution in [-0.2, 0) is 20.5 Å². The maximum atomic E-state index is 12.6. The van der Waals surface area contributed by atoms with Crippen LogP contribution in [0.15, 0.2) is 18.3 Å². The number of nitrogens with zero attached hydrogens (tertiary/aromatic N) is 3. The summed E-state index contributed by atoms with van der Waals surface area (Å²) in [6, 6.07) is 3.50. The van der Waals surface area contributed by atoms with Gasteiger partial charge < -0.3 is 9.29 Å². The minimum atomic E-state index is -1.46. The van der Waals surface area contributed by atoms with E-state index in [9.17, 15) is 4.55 Å². The molecule has 5 nitrogen and oxygen atoms in total. The normalized spacial score (nSPS) is 20.4. The van der Waals surface area contributed by atoms with Gasteiger partial charge in [0.2, 0.25) is 0 Å². The highest BCUT2D eigenvalue weighted by Crippen LogP contribution is 2.38. The maximum absolute atomic E-state index is 12.6. The summed E-state index contributed by atoms with van der Waals surface area (Å²) in [6.45, 7) is 1.04. The number of aromatic nitrogens is 1. The van der Waals surface area contributed by atoms with Crippen molar-refractivity contribution < 1.29 is 13.2 Å². The van der Waals surface area contributed by atoms with Crippen LogP contribution in [0, 0.1) is 11.5 Å². The molecule has 1 saturated heterocycles. The molecule has 1 fully saturated rings. The lowest BCUT2D eigenvalue weighted by Crippen LogP contribution is -2.40. The van der Waals surface area contributed by atoms with E-state index >= 15 is 0 Å². The fourth-order valence-electron chi connectivity index (χ4n) is 2.21. The highest BCUT2D eigenvalue weighted by molar-refractivity contribution is 7.80. The molecule has 0 radical (unpaired) electrons. The average Bonchev–Trinajstić information content (AvgIpc) is 2.47. The zero-order valence-corrected chi connectivity index (χ0v) is 12.1. The van der Waals surface area contributed by atoms with E-state index in [2.05, 4.69) is 4.98 Å². The summed E-state index contributed by atoms with van der Waals surface area (Å²) in [4.78, 5) is 4.06. The van der Waals surface area contributed by atoms with E-state index in [0.717, 1.165) is 5.56 Å². The van der Waals surface area contributed by atoms with Gasteiger partial charge in [0, 0.05) is 19.4 Å². The molecule has 0 N–H and O–H groups in total. The van der Waals surface area contributed by atoms with Crippen molar-refractivity contribution in [1.82, 2.24) is 4.98 Å². The highest BCUT2D eigenvalue weighted by atomic mass is 35.5. The predicted molar refractivity (Wildman–Crippen MR) is 70.9 cm³/mol. The van der Waals surface area contributed by atoms with Crippen LogP contribution in [0.1, 0.15) is 18.4 Å². The maximum Gasteiger partial charge on any atom is 0.464 e. The smallest absolute Gasteiger partial charge is 0.464 e. The fraction of sp³-hybridized carbons (Fsp3) is 0.500. The van der Waals surface area contributed by atoms with Gasteiger partial charge >= 0.3 is 6.19 Å². The highest BCUT2D eigenvalue weighted by Gasteiger charge is 2.37. The first-order chi connectivity index (χ1) is 9.10. The summed E-state index contributed by atoms with van der Waals surface area (Å²) in [7, 11) is 0.0662. The zero-order chi connectivity index (χ0) is 13.9. The van der Waals surface area contributed by atoms with Crippen molar-refractivity contribution in [1.29, 1.82) is 5.26 Å². The number of halogens is 1. The van der Waals surface area contributed by atoms with E-state index in [1.54, 1.807) is 12.3 Å². The molecule has 7 heteroatoms. The zero-order valence-electron chi connectivity index (χ0n) is 10.5. The van der Waals surface area contributed by atoms with Crippen LogP contribution >= 0.6 is 11.6 Å². The molecule has 1 aliphatic heterocycles. The molecule has 102 valence electrons. The first-order valence-electron chi connectivity index (χ1n) is 5.85. The van der Waals surface area contributed by atoms with Gasteiger partial charge in [-0.05, 0) is 24.5 Å². The molecule has 0 amide bonds. The van der Waals surface area contributed by atoms with Crippen molar-refractivity contribution >= 4 is 22.6 Å². The van der Waals surface area contributed by atoms with Gasteiger partial charge in [0.05, 0.1) is 11.8 Å². The van der Waals surface area contributed by atoms with Crippen LogP contribution in [0.2, 0.25) is 5.15 Å². The minimum absolute atomic E-state index is 0.394. The fourth-order valence-corrected chi connectivity index (χ4v) is 3.76. The van der Waals surface area contributed by atoms with Gasteiger partial charge in [0.1, 0.15) is 5.15 Å². The van der Waals surface area contributed by atoms with Crippen LogP contribution in [0.5, 0.6) is 0 Å². The number of rotatable bonds is 2. The summed E-state index contributed by atoms with van der Waals surface area (Å²) in [5.41, 5.74) is 0.834. The number of ether oxygens (including phenoxy) is 1. The average molecular weight is 300 g/mol. The van der Waals surface area contributed by atoms with E-state index in [1.807, 2.05) is 12.3 Å². The van der Waals surface area contributed by atoms with Crippen LogP contribution in [0.25, 0.3) is 0 Å². The lowest BCUT2D eigenvalue weighted by Gasteiger charge is -2.41. The molecule has 1 aromatic rings. The summed E-state index contributed by atoms with van der Waals surface area (Å²) >= 11 is 5.79. The number of pyridine rings is 1. The van der Waals surface area contributed by atoms with E-state index < -0.39 is 15.7 Å². The number of nitriles is 1. The molecule has 0 saturated carbocycles. The van der Waals surface area contributed by atoms with Gasteiger partial charge in [0.25, 0.3) is 0 Å². The van der Waals surface area contributed by atoms with Crippen LogP contribution in [0.4, 0.5) is 0 Å². The Bertz CT molecular complexity index is 533. The van der Waals surface area contributed by atoms with Gasteiger partial charge in [-0.2, -0.15) is 3.95 Å². The largest absolute Gasteiger partial charge is 0.771 e. The van der Waals surface area contributed by atoms with E-state index in [0.29, 0.717) is 31.2 Å². The van der Waals surface area contributed by atoms with Gasteiger partial charge in [-0.1, -0.05) is 28.6 Å². The molecule has 0 bridgehead atoms. The summed E-state index contributed by atoms with van der Waals surface area (Å²) in [5, 5.41) is 9.35. The summed E-state index contributed by atoms with van der Waals surface area (Å²) in [6.07, 6.45) is 4.73. The topological polar surface area (TPSA) is 72.0 Å².